The summed E-state index contributed by atoms with van der Waals surface area (Å²) in [7, 11) is 0. The van der Waals surface area contributed by atoms with Gasteiger partial charge in [-0.15, -0.1) is 37.2 Å². The zero-order valence-corrected chi connectivity index (χ0v) is 7.37. The third-order valence-corrected chi connectivity index (χ3v) is 0.817. The fourth-order valence-electron chi connectivity index (χ4n) is 0.327. The number of amides is 1. The van der Waals surface area contributed by atoms with Gasteiger partial charge in [-0.3, -0.25) is 10.2 Å². The largest absolute Gasteiger partial charge is 0.319 e. The van der Waals surface area contributed by atoms with E-state index >= 15 is 0 Å². The van der Waals surface area contributed by atoms with Gasteiger partial charge < -0.3 is 5.73 Å². The van der Waals surface area contributed by atoms with Crippen molar-refractivity contribution in [3.05, 3.63) is 0 Å². The Balaban J connectivity index is -0.000000320. The van der Waals surface area contributed by atoms with Gasteiger partial charge in [0, 0.05) is 6.42 Å². The minimum Gasteiger partial charge on any atom is -0.319 e. The maximum Gasteiger partial charge on any atom is 0.251 e. The molecular weight excluding hydrogens is 189 g/mol. The number of terminal acetylenes is 1. The lowest BCUT2D eigenvalue weighted by atomic mass is 10.2. The van der Waals surface area contributed by atoms with E-state index in [-0.39, 0.29) is 31.2 Å². The molecule has 0 aliphatic carbocycles. The van der Waals surface area contributed by atoms with Crippen LogP contribution in [-0.4, -0.2) is 11.9 Å². The fraction of sp³-hybridized carbons (Fsp3) is 0.400. The summed E-state index contributed by atoms with van der Waals surface area (Å²) in [5.74, 6) is 6.56. The third kappa shape index (κ3) is 7.43. The second kappa shape index (κ2) is 9.53. The number of rotatable bonds is 2. The van der Waals surface area contributed by atoms with Crippen LogP contribution >= 0.6 is 24.8 Å². The molecule has 5 N–H and O–H groups in total. The van der Waals surface area contributed by atoms with Gasteiger partial charge in [0.25, 0.3) is 5.91 Å². The second-order valence-corrected chi connectivity index (χ2v) is 1.52. The van der Waals surface area contributed by atoms with Crippen LogP contribution in [0.5, 0.6) is 0 Å². The number of carbonyl (C=O) groups excluding carboxylic acids is 1. The highest BCUT2D eigenvalue weighted by Gasteiger charge is 2.08. The summed E-state index contributed by atoms with van der Waals surface area (Å²) in [6.07, 6.45) is 5.08. The SMILES string of the molecule is C#CCC(N)C(=O)NN.Cl.Cl. The Labute approximate surface area is 77.9 Å². The van der Waals surface area contributed by atoms with Gasteiger partial charge in [-0.25, -0.2) is 5.84 Å². The molecule has 0 spiro atoms. The smallest absolute Gasteiger partial charge is 0.251 e. The summed E-state index contributed by atoms with van der Waals surface area (Å²) in [6, 6.07) is -0.681. The van der Waals surface area contributed by atoms with Crippen molar-refractivity contribution in [3.8, 4) is 12.3 Å². The first kappa shape index (κ1) is 16.9. The summed E-state index contributed by atoms with van der Waals surface area (Å²) >= 11 is 0. The standard InChI is InChI=1S/C5H9N3O.2ClH/c1-2-3-4(6)5(9)8-7;;/h1,4H,3,6-7H2,(H,8,9);2*1H. The summed E-state index contributed by atoms with van der Waals surface area (Å²) in [5, 5.41) is 0. The lowest BCUT2D eigenvalue weighted by Crippen LogP contribution is -2.43. The summed E-state index contributed by atoms with van der Waals surface area (Å²) in [5.41, 5.74) is 7.09. The number of hydrogen-bond acceptors (Lipinski definition) is 3. The van der Waals surface area contributed by atoms with E-state index in [0.29, 0.717) is 0 Å². The Morgan fingerprint density at radius 1 is 1.64 bits per heavy atom. The van der Waals surface area contributed by atoms with Crippen molar-refractivity contribution >= 4 is 30.7 Å². The first-order valence-electron chi connectivity index (χ1n) is 2.42. The number of hydrazine groups is 1. The van der Waals surface area contributed by atoms with Crippen LogP contribution in [0.2, 0.25) is 0 Å². The van der Waals surface area contributed by atoms with Gasteiger partial charge in [-0.1, -0.05) is 0 Å². The highest BCUT2D eigenvalue weighted by molar-refractivity contribution is 5.85. The van der Waals surface area contributed by atoms with Crippen LogP contribution in [0.1, 0.15) is 6.42 Å². The Kier molecular flexibility index (Phi) is 14.6. The monoisotopic (exact) mass is 199 g/mol. The van der Waals surface area contributed by atoms with Crippen LogP contribution in [0.25, 0.3) is 0 Å². The van der Waals surface area contributed by atoms with Gasteiger partial charge in [-0.05, 0) is 0 Å². The number of hydrogen-bond donors (Lipinski definition) is 3. The van der Waals surface area contributed by atoms with E-state index < -0.39 is 11.9 Å². The van der Waals surface area contributed by atoms with Gasteiger partial charge in [-0.2, -0.15) is 0 Å². The Hall–Kier alpha value is -0.470. The zero-order chi connectivity index (χ0) is 7.28. The molecule has 4 nitrogen and oxygen atoms in total. The van der Waals surface area contributed by atoms with E-state index in [2.05, 4.69) is 5.92 Å². The van der Waals surface area contributed by atoms with Gasteiger partial charge >= 0.3 is 0 Å². The van der Waals surface area contributed by atoms with E-state index in [1.54, 1.807) is 0 Å². The maximum absolute atomic E-state index is 10.4. The summed E-state index contributed by atoms with van der Waals surface area (Å²) < 4.78 is 0. The molecular formula is C5H11Cl2N3O. The molecule has 1 amide bonds. The van der Waals surface area contributed by atoms with Gasteiger partial charge in [0.2, 0.25) is 0 Å². The molecule has 0 aromatic rings. The van der Waals surface area contributed by atoms with E-state index in [4.69, 9.17) is 18.0 Å². The third-order valence-electron chi connectivity index (χ3n) is 0.817. The van der Waals surface area contributed by atoms with Crippen molar-refractivity contribution in [2.24, 2.45) is 11.6 Å². The van der Waals surface area contributed by atoms with Crippen LogP contribution in [-0.2, 0) is 4.79 Å². The van der Waals surface area contributed by atoms with Crippen molar-refractivity contribution in [1.29, 1.82) is 0 Å². The molecule has 1 atom stereocenters. The molecule has 66 valence electrons. The molecule has 0 rings (SSSR count). The summed E-state index contributed by atoms with van der Waals surface area (Å²) in [4.78, 5) is 10.4. The van der Waals surface area contributed by atoms with Crippen LogP contribution in [0.15, 0.2) is 0 Å². The molecule has 0 aromatic heterocycles. The molecule has 0 saturated carbocycles. The predicted molar refractivity (Wildman–Crippen MR) is 48.3 cm³/mol. The number of carbonyl (C=O) groups is 1. The van der Waals surface area contributed by atoms with Crippen LogP contribution in [0, 0.1) is 12.3 Å². The molecule has 11 heavy (non-hydrogen) atoms. The van der Waals surface area contributed by atoms with Crippen molar-refractivity contribution in [2.75, 3.05) is 0 Å². The molecule has 0 fully saturated rings. The number of nitrogens with two attached hydrogens (primary N) is 2. The van der Waals surface area contributed by atoms with E-state index in [9.17, 15) is 4.79 Å². The van der Waals surface area contributed by atoms with Crippen LogP contribution in [0.4, 0.5) is 0 Å². The summed E-state index contributed by atoms with van der Waals surface area (Å²) in [6.45, 7) is 0. The quantitative estimate of drug-likeness (QED) is 0.235. The fourth-order valence-corrected chi connectivity index (χ4v) is 0.327. The minimum absolute atomic E-state index is 0. The second-order valence-electron chi connectivity index (χ2n) is 1.52. The minimum atomic E-state index is -0.681. The van der Waals surface area contributed by atoms with Crippen molar-refractivity contribution in [1.82, 2.24) is 5.43 Å². The maximum atomic E-state index is 10.4. The molecule has 0 aliphatic heterocycles. The van der Waals surface area contributed by atoms with Gasteiger partial charge in [0.15, 0.2) is 0 Å². The van der Waals surface area contributed by atoms with Crippen LogP contribution < -0.4 is 17.0 Å². The van der Waals surface area contributed by atoms with E-state index in [1.807, 2.05) is 5.43 Å². The number of halogens is 2. The lowest BCUT2D eigenvalue weighted by Gasteiger charge is -2.03. The molecule has 0 saturated heterocycles. The average molecular weight is 200 g/mol. The number of nitrogens with one attached hydrogen (secondary N) is 1. The molecule has 0 heterocycles. The zero-order valence-electron chi connectivity index (χ0n) is 5.74. The Morgan fingerprint density at radius 3 is 2.36 bits per heavy atom. The van der Waals surface area contributed by atoms with Crippen molar-refractivity contribution < 1.29 is 4.79 Å². The molecule has 1 unspecified atom stereocenters. The first-order chi connectivity index (χ1) is 4.22. The molecule has 0 aromatic carbocycles. The molecule has 0 aliphatic rings. The average Bonchev–Trinajstić information content (AvgIpc) is 1.87. The van der Waals surface area contributed by atoms with Gasteiger partial charge in [0.1, 0.15) is 0 Å². The molecule has 0 bridgehead atoms. The predicted octanol–water partition coefficient (Wildman–Crippen LogP) is -0.830. The molecule has 0 radical (unpaired) electrons. The lowest BCUT2D eigenvalue weighted by molar-refractivity contribution is -0.122. The van der Waals surface area contributed by atoms with E-state index in [0.717, 1.165) is 0 Å². The van der Waals surface area contributed by atoms with Gasteiger partial charge in [0.05, 0.1) is 6.04 Å². The molecule has 6 heteroatoms. The highest BCUT2D eigenvalue weighted by Crippen LogP contribution is 1.82. The Morgan fingerprint density at radius 2 is 2.09 bits per heavy atom. The topological polar surface area (TPSA) is 81.1 Å². The van der Waals surface area contributed by atoms with Crippen molar-refractivity contribution in [2.45, 2.75) is 12.5 Å². The van der Waals surface area contributed by atoms with Crippen molar-refractivity contribution in [3.63, 3.8) is 0 Å². The first-order valence-corrected chi connectivity index (χ1v) is 2.42. The Bertz CT molecular complexity index is 145. The highest BCUT2D eigenvalue weighted by atomic mass is 35.5. The van der Waals surface area contributed by atoms with Crippen LogP contribution in [0.3, 0.4) is 0 Å². The normalized spacial score (nSPS) is 9.55. The van der Waals surface area contributed by atoms with E-state index in [1.165, 1.54) is 0 Å².